The van der Waals surface area contributed by atoms with E-state index in [-0.39, 0.29) is 12.0 Å². The molecular formula is C19H19N3O3. The summed E-state index contributed by atoms with van der Waals surface area (Å²) in [5.74, 6) is 0.228. The third-order valence-electron chi connectivity index (χ3n) is 4.02. The maximum absolute atomic E-state index is 12.9. The van der Waals surface area contributed by atoms with Gasteiger partial charge in [0.2, 0.25) is 5.88 Å². The Bertz CT molecular complexity index is 800. The quantitative estimate of drug-likeness (QED) is 0.857. The van der Waals surface area contributed by atoms with E-state index in [0.717, 1.165) is 5.56 Å². The number of benzene rings is 1. The topological polar surface area (TPSA) is 75.4 Å². The monoisotopic (exact) mass is 337 g/mol. The van der Waals surface area contributed by atoms with Crippen LogP contribution in [0.2, 0.25) is 0 Å². The summed E-state index contributed by atoms with van der Waals surface area (Å²) < 4.78 is 11.3. The van der Waals surface area contributed by atoms with Crippen molar-refractivity contribution < 1.29 is 14.3 Å². The Kier molecular flexibility index (Phi) is 5.26. The molecule has 0 spiro atoms. The van der Waals surface area contributed by atoms with Crippen LogP contribution in [0.3, 0.4) is 0 Å². The van der Waals surface area contributed by atoms with Crippen molar-refractivity contribution in [3.8, 4) is 11.9 Å². The number of morpholine rings is 1. The van der Waals surface area contributed by atoms with Gasteiger partial charge in [-0.25, -0.2) is 4.98 Å². The summed E-state index contributed by atoms with van der Waals surface area (Å²) in [6.07, 6.45) is 1.36. The average Bonchev–Trinajstić information content (AvgIpc) is 2.68. The Hall–Kier alpha value is -2.91. The number of amides is 1. The van der Waals surface area contributed by atoms with Gasteiger partial charge in [-0.15, -0.1) is 0 Å². The predicted molar refractivity (Wildman–Crippen MR) is 91.2 cm³/mol. The number of ether oxygens (including phenoxy) is 2. The molecule has 1 atom stereocenters. The molecule has 1 amide bonds. The van der Waals surface area contributed by atoms with Gasteiger partial charge in [0.25, 0.3) is 5.91 Å². The molecule has 1 aromatic heterocycles. The van der Waals surface area contributed by atoms with Gasteiger partial charge in [-0.05, 0) is 36.8 Å². The summed E-state index contributed by atoms with van der Waals surface area (Å²) in [5, 5.41) is 9.05. The fourth-order valence-electron chi connectivity index (χ4n) is 2.82. The smallest absolute Gasteiger partial charge is 0.259 e. The predicted octanol–water partition coefficient (Wildman–Crippen LogP) is 2.57. The van der Waals surface area contributed by atoms with E-state index in [9.17, 15) is 4.79 Å². The number of rotatable bonds is 4. The normalized spacial score (nSPS) is 17.0. The molecule has 2 aromatic rings. The lowest BCUT2D eigenvalue weighted by atomic mass is 10.0. The molecule has 0 saturated carbocycles. The van der Waals surface area contributed by atoms with E-state index in [2.05, 4.69) is 11.1 Å². The number of pyridine rings is 1. The summed E-state index contributed by atoms with van der Waals surface area (Å²) in [6, 6.07) is 12.9. The standard InChI is InChI=1S/C19H19N3O3/c1-2-24-18-16(7-4-8-21-18)19(23)22-9-10-25-17(13-22)15-6-3-5-14(11-15)12-20/h3-8,11,17H,2,9-10,13H2,1H3. The molecule has 6 heteroatoms. The number of carbonyl (C=O) groups excluding carboxylic acids is 1. The molecule has 2 heterocycles. The highest BCUT2D eigenvalue weighted by molar-refractivity contribution is 5.96. The van der Waals surface area contributed by atoms with Crippen LogP contribution >= 0.6 is 0 Å². The molecule has 6 nitrogen and oxygen atoms in total. The lowest BCUT2D eigenvalue weighted by Crippen LogP contribution is -2.42. The number of hydrogen-bond donors (Lipinski definition) is 0. The van der Waals surface area contributed by atoms with Crippen LogP contribution in [0.5, 0.6) is 5.88 Å². The molecule has 1 fully saturated rings. The van der Waals surface area contributed by atoms with Gasteiger partial charge < -0.3 is 14.4 Å². The first-order chi connectivity index (χ1) is 12.2. The SMILES string of the molecule is CCOc1ncccc1C(=O)N1CCOC(c2cccc(C#N)c2)C1. The van der Waals surface area contributed by atoms with Gasteiger partial charge in [0.05, 0.1) is 31.4 Å². The van der Waals surface area contributed by atoms with E-state index in [1.54, 1.807) is 35.4 Å². The van der Waals surface area contributed by atoms with Crippen molar-refractivity contribution in [2.75, 3.05) is 26.3 Å². The zero-order valence-corrected chi connectivity index (χ0v) is 14.0. The number of hydrogen-bond acceptors (Lipinski definition) is 5. The van der Waals surface area contributed by atoms with Gasteiger partial charge in [0, 0.05) is 12.7 Å². The second-order valence-electron chi connectivity index (χ2n) is 5.64. The van der Waals surface area contributed by atoms with Crippen molar-refractivity contribution in [3.05, 3.63) is 59.3 Å². The first kappa shape index (κ1) is 16.9. The third kappa shape index (κ3) is 3.78. The van der Waals surface area contributed by atoms with Gasteiger partial charge in [-0.3, -0.25) is 4.79 Å². The first-order valence-corrected chi connectivity index (χ1v) is 8.21. The number of nitriles is 1. The van der Waals surface area contributed by atoms with E-state index in [1.165, 1.54) is 0 Å². The lowest BCUT2D eigenvalue weighted by molar-refractivity contribution is -0.0229. The van der Waals surface area contributed by atoms with Gasteiger partial charge in [0.1, 0.15) is 11.7 Å². The van der Waals surface area contributed by atoms with Crippen molar-refractivity contribution in [2.45, 2.75) is 13.0 Å². The molecule has 0 N–H and O–H groups in total. The minimum Gasteiger partial charge on any atom is -0.477 e. The molecule has 1 aromatic carbocycles. The molecule has 25 heavy (non-hydrogen) atoms. The molecule has 1 aliphatic rings. The molecule has 128 valence electrons. The summed E-state index contributed by atoms with van der Waals surface area (Å²) in [5.41, 5.74) is 1.93. The minimum atomic E-state index is -0.252. The van der Waals surface area contributed by atoms with Crippen LogP contribution < -0.4 is 4.74 Å². The Balaban J connectivity index is 1.79. The molecular weight excluding hydrogens is 318 g/mol. The van der Waals surface area contributed by atoms with Crippen LogP contribution in [0, 0.1) is 11.3 Å². The first-order valence-electron chi connectivity index (χ1n) is 8.21. The van der Waals surface area contributed by atoms with Gasteiger partial charge in [0.15, 0.2) is 0 Å². The fourth-order valence-corrected chi connectivity index (χ4v) is 2.82. The van der Waals surface area contributed by atoms with Crippen molar-refractivity contribution in [1.29, 1.82) is 5.26 Å². The van der Waals surface area contributed by atoms with Crippen molar-refractivity contribution in [1.82, 2.24) is 9.88 Å². The van der Waals surface area contributed by atoms with Gasteiger partial charge in [-0.2, -0.15) is 5.26 Å². The summed E-state index contributed by atoms with van der Waals surface area (Å²) in [4.78, 5) is 18.8. The van der Waals surface area contributed by atoms with E-state index < -0.39 is 0 Å². The van der Waals surface area contributed by atoms with Gasteiger partial charge >= 0.3 is 0 Å². The Labute approximate surface area is 146 Å². The van der Waals surface area contributed by atoms with Crippen LogP contribution in [0.4, 0.5) is 0 Å². The van der Waals surface area contributed by atoms with Crippen molar-refractivity contribution in [2.24, 2.45) is 0 Å². The fraction of sp³-hybridized carbons (Fsp3) is 0.316. The van der Waals surface area contributed by atoms with Crippen LogP contribution in [-0.2, 0) is 4.74 Å². The van der Waals surface area contributed by atoms with Crippen LogP contribution in [0.25, 0.3) is 0 Å². The largest absolute Gasteiger partial charge is 0.477 e. The van der Waals surface area contributed by atoms with E-state index in [0.29, 0.717) is 43.3 Å². The van der Waals surface area contributed by atoms with E-state index >= 15 is 0 Å². The van der Waals surface area contributed by atoms with Crippen molar-refractivity contribution >= 4 is 5.91 Å². The number of nitrogens with zero attached hydrogens (tertiary/aromatic N) is 3. The summed E-state index contributed by atoms with van der Waals surface area (Å²) in [7, 11) is 0. The zero-order chi connectivity index (χ0) is 17.6. The Morgan fingerprint density at radius 2 is 2.32 bits per heavy atom. The second-order valence-corrected chi connectivity index (χ2v) is 5.64. The zero-order valence-electron chi connectivity index (χ0n) is 14.0. The summed E-state index contributed by atoms with van der Waals surface area (Å²) in [6.45, 7) is 3.68. The highest BCUT2D eigenvalue weighted by Gasteiger charge is 2.28. The molecule has 1 unspecified atom stereocenters. The second kappa shape index (κ2) is 7.77. The van der Waals surface area contributed by atoms with Crippen LogP contribution in [0.15, 0.2) is 42.6 Å². The molecule has 1 aliphatic heterocycles. The molecule has 1 saturated heterocycles. The Morgan fingerprint density at radius 1 is 1.44 bits per heavy atom. The minimum absolute atomic E-state index is 0.124. The number of carbonyl (C=O) groups is 1. The number of aromatic nitrogens is 1. The van der Waals surface area contributed by atoms with E-state index in [1.807, 2.05) is 19.1 Å². The van der Waals surface area contributed by atoms with Crippen molar-refractivity contribution in [3.63, 3.8) is 0 Å². The van der Waals surface area contributed by atoms with Crippen LogP contribution in [-0.4, -0.2) is 42.1 Å². The van der Waals surface area contributed by atoms with Gasteiger partial charge in [-0.1, -0.05) is 12.1 Å². The Morgan fingerprint density at radius 3 is 3.12 bits per heavy atom. The molecule has 0 aliphatic carbocycles. The highest BCUT2D eigenvalue weighted by Crippen LogP contribution is 2.25. The lowest BCUT2D eigenvalue weighted by Gasteiger charge is -2.33. The molecule has 3 rings (SSSR count). The van der Waals surface area contributed by atoms with Crippen LogP contribution in [0.1, 0.15) is 34.5 Å². The molecule has 0 bridgehead atoms. The van der Waals surface area contributed by atoms with E-state index in [4.69, 9.17) is 14.7 Å². The average molecular weight is 337 g/mol. The third-order valence-corrected chi connectivity index (χ3v) is 4.02. The molecule has 0 radical (unpaired) electrons. The highest BCUT2D eigenvalue weighted by atomic mass is 16.5. The maximum atomic E-state index is 12.9. The maximum Gasteiger partial charge on any atom is 0.259 e. The summed E-state index contributed by atoms with van der Waals surface area (Å²) >= 11 is 0.